The molecule has 0 saturated carbocycles. The molecule has 1 rings (SSSR count). The normalized spacial score (nSPS) is 12.9. The average molecular weight is 152 g/mol. The first kappa shape index (κ1) is 8.08. The van der Waals surface area contributed by atoms with Crippen LogP contribution in [0.4, 0.5) is 0 Å². The fourth-order valence-electron chi connectivity index (χ4n) is 0.932. The minimum Gasteiger partial charge on any atom is -0.508 e. The molecular weight excluding hydrogens is 140 g/mol. The average Bonchev–Trinajstić information content (AvgIpc) is 2.05. The molecule has 0 aliphatic rings. The van der Waals surface area contributed by atoms with Crippen LogP contribution >= 0.6 is 0 Å². The molecule has 0 saturated heterocycles. The van der Waals surface area contributed by atoms with E-state index in [0.717, 1.165) is 5.56 Å². The smallest absolute Gasteiger partial charge is 0.115 e. The molecule has 0 spiro atoms. The number of hydrogen-bond acceptors (Lipinski definition) is 2. The second-order valence-corrected chi connectivity index (χ2v) is 2.52. The minimum atomic E-state index is -0.407. The van der Waals surface area contributed by atoms with Crippen molar-refractivity contribution in [1.29, 1.82) is 0 Å². The van der Waals surface area contributed by atoms with Crippen LogP contribution in [0.25, 0.3) is 0 Å². The summed E-state index contributed by atoms with van der Waals surface area (Å²) >= 11 is 0. The molecule has 0 aliphatic heterocycles. The van der Waals surface area contributed by atoms with Crippen LogP contribution in [0.2, 0.25) is 0 Å². The monoisotopic (exact) mass is 152 g/mol. The first-order chi connectivity index (χ1) is 5.24. The molecule has 0 heterocycles. The number of aliphatic hydroxyl groups excluding tert-OH is 1. The summed E-state index contributed by atoms with van der Waals surface area (Å²) in [6.07, 6.45) is 0.292. The highest BCUT2D eigenvalue weighted by Gasteiger charge is 2.02. The summed E-state index contributed by atoms with van der Waals surface area (Å²) in [5.41, 5.74) is 0.852. The van der Waals surface area contributed by atoms with Crippen molar-refractivity contribution in [2.45, 2.75) is 19.4 Å². The van der Waals surface area contributed by atoms with E-state index in [4.69, 9.17) is 5.11 Å². The van der Waals surface area contributed by atoms with Crippen LogP contribution in [0.5, 0.6) is 5.75 Å². The summed E-state index contributed by atoms with van der Waals surface area (Å²) in [6.45, 7) is 1.91. The predicted octanol–water partition coefficient (Wildman–Crippen LogP) is 1.84. The van der Waals surface area contributed by atoms with Crippen LogP contribution in [0, 0.1) is 0 Å². The van der Waals surface area contributed by atoms with E-state index in [2.05, 4.69) is 0 Å². The van der Waals surface area contributed by atoms with Crippen molar-refractivity contribution in [2.75, 3.05) is 0 Å². The Hall–Kier alpha value is -1.02. The van der Waals surface area contributed by atoms with Crippen molar-refractivity contribution in [3.8, 4) is 5.75 Å². The van der Waals surface area contributed by atoms with Crippen LogP contribution in [-0.2, 0) is 0 Å². The molecule has 0 aliphatic carbocycles. The van der Waals surface area contributed by atoms with Crippen molar-refractivity contribution < 1.29 is 10.2 Å². The van der Waals surface area contributed by atoms with Crippen LogP contribution < -0.4 is 0 Å². The van der Waals surface area contributed by atoms with Gasteiger partial charge >= 0.3 is 0 Å². The van der Waals surface area contributed by atoms with E-state index in [1.54, 1.807) is 24.3 Å². The van der Waals surface area contributed by atoms with Crippen molar-refractivity contribution in [2.24, 2.45) is 0 Å². The van der Waals surface area contributed by atoms with Gasteiger partial charge < -0.3 is 10.2 Å². The number of aliphatic hydroxyl groups is 1. The Morgan fingerprint density at radius 1 is 1.27 bits per heavy atom. The van der Waals surface area contributed by atoms with Gasteiger partial charge in [-0.3, -0.25) is 0 Å². The van der Waals surface area contributed by atoms with Crippen molar-refractivity contribution in [3.63, 3.8) is 0 Å². The summed E-state index contributed by atoms with van der Waals surface area (Å²) in [5, 5.41) is 18.3. The summed E-state index contributed by atoms with van der Waals surface area (Å²) in [5.74, 6) is 0.233. The molecular formula is C9H12O2. The van der Waals surface area contributed by atoms with Gasteiger partial charge in [0.25, 0.3) is 0 Å². The van der Waals surface area contributed by atoms with Crippen molar-refractivity contribution in [1.82, 2.24) is 0 Å². The van der Waals surface area contributed by atoms with Gasteiger partial charge in [-0.15, -0.1) is 0 Å². The van der Waals surface area contributed by atoms with E-state index in [0.29, 0.717) is 6.42 Å². The number of aromatic hydroxyl groups is 1. The van der Waals surface area contributed by atoms with Crippen molar-refractivity contribution in [3.05, 3.63) is 29.8 Å². The molecule has 2 nitrogen and oxygen atoms in total. The minimum absolute atomic E-state index is 0.233. The molecule has 0 amide bonds. The van der Waals surface area contributed by atoms with Gasteiger partial charge in [-0.2, -0.15) is 0 Å². The topological polar surface area (TPSA) is 40.5 Å². The zero-order valence-electron chi connectivity index (χ0n) is 6.49. The van der Waals surface area contributed by atoms with E-state index in [-0.39, 0.29) is 5.75 Å². The Morgan fingerprint density at radius 2 is 1.82 bits per heavy atom. The zero-order chi connectivity index (χ0) is 8.27. The van der Waals surface area contributed by atoms with Crippen molar-refractivity contribution >= 4 is 0 Å². The summed E-state index contributed by atoms with van der Waals surface area (Å²) in [7, 11) is 0. The highest BCUT2D eigenvalue weighted by Crippen LogP contribution is 2.18. The molecule has 1 atom stereocenters. The summed E-state index contributed by atoms with van der Waals surface area (Å²) in [6, 6.07) is 6.61. The summed E-state index contributed by atoms with van der Waals surface area (Å²) < 4.78 is 0. The Morgan fingerprint density at radius 3 is 2.27 bits per heavy atom. The van der Waals surface area contributed by atoms with E-state index >= 15 is 0 Å². The maximum absolute atomic E-state index is 9.34. The number of rotatable bonds is 2. The SMILES string of the molecule is CC[C@@H](O)c1ccc(O)cc1. The summed E-state index contributed by atoms with van der Waals surface area (Å²) in [4.78, 5) is 0. The maximum atomic E-state index is 9.34. The third-order valence-electron chi connectivity index (χ3n) is 1.66. The van der Waals surface area contributed by atoms with Gasteiger partial charge in [0.15, 0.2) is 0 Å². The Balaban J connectivity index is 2.81. The van der Waals surface area contributed by atoms with E-state index < -0.39 is 6.10 Å². The second-order valence-electron chi connectivity index (χ2n) is 2.52. The van der Waals surface area contributed by atoms with Crippen LogP contribution in [-0.4, -0.2) is 10.2 Å². The maximum Gasteiger partial charge on any atom is 0.115 e. The van der Waals surface area contributed by atoms with Gasteiger partial charge in [-0.1, -0.05) is 19.1 Å². The Kier molecular flexibility index (Phi) is 2.49. The first-order valence-corrected chi connectivity index (χ1v) is 3.71. The standard InChI is InChI=1S/C9H12O2/c1-2-9(11)7-3-5-8(10)6-4-7/h3-6,9-11H,2H2,1H3/t9-/m1/s1. The lowest BCUT2D eigenvalue weighted by Gasteiger charge is -2.06. The van der Waals surface area contributed by atoms with Crippen LogP contribution in [0.3, 0.4) is 0 Å². The molecule has 1 aromatic rings. The molecule has 0 aromatic heterocycles. The van der Waals surface area contributed by atoms with Gasteiger partial charge in [0.05, 0.1) is 6.10 Å². The van der Waals surface area contributed by atoms with Gasteiger partial charge in [-0.05, 0) is 24.1 Å². The van der Waals surface area contributed by atoms with E-state index in [1.807, 2.05) is 6.92 Å². The lowest BCUT2D eigenvalue weighted by atomic mass is 10.1. The molecule has 2 N–H and O–H groups in total. The van der Waals surface area contributed by atoms with Gasteiger partial charge in [0, 0.05) is 0 Å². The van der Waals surface area contributed by atoms with Gasteiger partial charge in [-0.25, -0.2) is 0 Å². The molecule has 11 heavy (non-hydrogen) atoms. The van der Waals surface area contributed by atoms with Gasteiger partial charge in [0.2, 0.25) is 0 Å². The lowest BCUT2D eigenvalue weighted by Crippen LogP contribution is -1.93. The highest BCUT2D eigenvalue weighted by atomic mass is 16.3. The highest BCUT2D eigenvalue weighted by molar-refractivity contribution is 5.27. The number of phenols is 1. The predicted molar refractivity (Wildman–Crippen MR) is 43.4 cm³/mol. The lowest BCUT2D eigenvalue weighted by molar-refractivity contribution is 0.173. The van der Waals surface area contributed by atoms with Crippen LogP contribution in [0.15, 0.2) is 24.3 Å². The molecule has 0 bridgehead atoms. The largest absolute Gasteiger partial charge is 0.508 e. The van der Waals surface area contributed by atoms with E-state index in [1.165, 1.54) is 0 Å². The molecule has 1 aromatic carbocycles. The third-order valence-corrected chi connectivity index (χ3v) is 1.66. The third kappa shape index (κ3) is 1.95. The Labute approximate surface area is 66.1 Å². The van der Waals surface area contributed by atoms with Crippen LogP contribution in [0.1, 0.15) is 25.0 Å². The molecule has 0 fully saturated rings. The molecule has 2 heteroatoms. The fourth-order valence-corrected chi connectivity index (χ4v) is 0.932. The number of benzene rings is 1. The molecule has 60 valence electrons. The second kappa shape index (κ2) is 3.39. The zero-order valence-corrected chi connectivity index (χ0v) is 6.49. The van der Waals surface area contributed by atoms with Gasteiger partial charge in [0.1, 0.15) is 5.75 Å². The Bertz CT molecular complexity index is 216. The molecule has 0 radical (unpaired) electrons. The van der Waals surface area contributed by atoms with E-state index in [9.17, 15) is 5.11 Å². The fraction of sp³-hybridized carbons (Fsp3) is 0.333. The quantitative estimate of drug-likeness (QED) is 0.678. The molecule has 0 unspecified atom stereocenters. The number of hydrogen-bond donors (Lipinski definition) is 2. The first-order valence-electron chi connectivity index (χ1n) is 3.71. The number of phenolic OH excluding ortho intramolecular Hbond substituents is 1.